The van der Waals surface area contributed by atoms with E-state index in [4.69, 9.17) is 4.84 Å². The largest absolute Gasteiger partial charge is 0.363 e. The first-order valence-corrected chi connectivity index (χ1v) is 7.05. The highest BCUT2D eigenvalue weighted by molar-refractivity contribution is 6.21. The highest BCUT2D eigenvalue weighted by atomic mass is 16.7. The first kappa shape index (κ1) is 15.4. The molecule has 0 aliphatic carbocycles. The number of hydrogen-bond donors (Lipinski definition) is 1. The number of hydrogen-bond acceptors (Lipinski definition) is 5. The van der Waals surface area contributed by atoms with Gasteiger partial charge in [0.2, 0.25) is 5.91 Å². The van der Waals surface area contributed by atoms with Gasteiger partial charge in [-0.2, -0.15) is 0 Å². The number of fused-ring (bicyclic) bond motifs is 1. The number of rotatable bonds is 3. The van der Waals surface area contributed by atoms with Gasteiger partial charge in [-0.05, 0) is 36.4 Å². The maximum absolute atomic E-state index is 12.1. The molecule has 0 saturated carbocycles. The van der Waals surface area contributed by atoms with Crippen molar-refractivity contribution < 1.29 is 24.0 Å². The summed E-state index contributed by atoms with van der Waals surface area (Å²) in [7, 11) is 0. The van der Waals surface area contributed by atoms with Crippen molar-refractivity contribution in [1.82, 2.24) is 5.06 Å². The summed E-state index contributed by atoms with van der Waals surface area (Å²) in [5.74, 6) is -2.45. The van der Waals surface area contributed by atoms with Crippen molar-refractivity contribution in [1.29, 1.82) is 0 Å². The molecule has 0 atom stereocenters. The zero-order valence-electron chi connectivity index (χ0n) is 12.6. The molecule has 1 aliphatic heterocycles. The number of amides is 3. The zero-order valence-corrected chi connectivity index (χ0v) is 12.6. The average Bonchev–Trinajstić information content (AvgIpc) is 2.80. The third kappa shape index (κ3) is 2.74. The van der Waals surface area contributed by atoms with E-state index in [0.29, 0.717) is 10.8 Å². The fourth-order valence-corrected chi connectivity index (χ4v) is 2.28. The summed E-state index contributed by atoms with van der Waals surface area (Å²) in [6.07, 6.45) is 0. The topological polar surface area (TPSA) is 92.8 Å². The molecule has 0 fully saturated rings. The molecule has 0 unspecified atom stereocenters. The van der Waals surface area contributed by atoms with Crippen LogP contribution in [0.1, 0.15) is 38.0 Å². The fourth-order valence-electron chi connectivity index (χ4n) is 2.28. The minimum Gasteiger partial charge on any atom is -0.326 e. The van der Waals surface area contributed by atoms with Crippen LogP contribution >= 0.6 is 0 Å². The fraction of sp³-hybridized carbons (Fsp3) is 0.0588. The predicted octanol–water partition coefficient (Wildman–Crippen LogP) is 2.01. The number of imide groups is 1. The lowest BCUT2D eigenvalue weighted by Crippen LogP contribution is -2.32. The number of hydroxylamine groups is 2. The van der Waals surface area contributed by atoms with Crippen LogP contribution in [0.15, 0.2) is 48.5 Å². The van der Waals surface area contributed by atoms with E-state index in [1.807, 2.05) is 0 Å². The van der Waals surface area contributed by atoms with Crippen molar-refractivity contribution in [3.05, 3.63) is 65.2 Å². The Morgan fingerprint density at radius 1 is 0.917 bits per heavy atom. The van der Waals surface area contributed by atoms with Gasteiger partial charge in [0.25, 0.3) is 11.8 Å². The summed E-state index contributed by atoms with van der Waals surface area (Å²) < 4.78 is 0. The van der Waals surface area contributed by atoms with Gasteiger partial charge < -0.3 is 10.2 Å². The second kappa shape index (κ2) is 5.96. The highest BCUT2D eigenvalue weighted by Crippen LogP contribution is 2.23. The quantitative estimate of drug-likeness (QED) is 0.872. The first-order chi connectivity index (χ1) is 11.5. The Kier molecular flexibility index (Phi) is 3.83. The van der Waals surface area contributed by atoms with Crippen LogP contribution in [-0.4, -0.2) is 28.8 Å². The lowest BCUT2D eigenvalue weighted by atomic mass is 10.1. The predicted molar refractivity (Wildman–Crippen MR) is 83.1 cm³/mol. The molecule has 7 heteroatoms. The maximum atomic E-state index is 12.1. The maximum Gasteiger partial charge on any atom is 0.363 e. The van der Waals surface area contributed by atoms with E-state index >= 15 is 0 Å². The van der Waals surface area contributed by atoms with Crippen LogP contribution in [-0.2, 0) is 9.63 Å². The number of carbonyl (C=O) groups is 4. The Hall–Kier alpha value is -3.48. The molecular formula is C17H12N2O5. The van der Waals surface area contributed by atoms with Crippen LogP contribution in [0.4, 0.5) is 5.69 Å². The van der Waals surface area contributed by atoms with Gasteiger partial charge >= 0.3 is 5.97 Å². The van der Waals surface area contributed by atoms with E-state index in [1.54, 1.807) is 12.1 Å². The molecule has 3 rings (SSSR count). The van der Waals surface area contributed by atoms with Crippen LogP contribution in [0.5, 0.6) is 0 Å². The number of benzene rings is 2. The first-order valence-electron chi connectivity index (χ1n) is 7.05. The summed E-state index contributed by atoms with van der Waals surface area (Å²) >= 11 is 0. The lowest BCUT2D eigenvalue weighted by Gasteiger charge is -2.12. The van der Waals surface area contributed by atoms with E-state index in [9.17, 15) is 19.2 Å². The van der Waals surface area contributed by atoms with Gasteiger partial charge in [-0.25, -0.2) is 4.79 Å². The molecule has 1 aliphatic rings. The van der Waals surface area contributed by atoms with Gasteiger partial charge in [-0.3, -0.25) is 14.4 Å². The van der Waals surface area contributed by atoms with Gasteiger partial charge in [-0.15, -0.1) is 0 Å². The van der Waals surface area contributed by atoms with Crippen LogP contribution in [0.25, 0.3) is 0 Å². The normalized spacial score (nSPS) is 12.8. The van der Waals surface area contributed by atoms with Crippen molar-refractivity contribution in [2.24, 2.45) is 0 Å². The summed E-state index contributed by atoms with van der Waals surface area (Å²) in [5.41, 5.74) is 1.04. The molecule has 1 heterocycles. The number of nitrogens with zero attached hydrogens (tertiary/aromatic N) is 1. The molecule has 3 amide bonds. The summed E-state index contributed by atoms with van der Waals surface area (Å²) in [5, 5.41) is 3.01. The summed E-state index contributed by atoms with van der Waals surface area (Å²) in [6.45, 7) is 1.37. The van der Waals surface area contributed by atoms with Crippen molar-refractivity contribution >= 4 is 29.4 Å². The highest BCUT2D eigenvalue weighted by Gasteiger charge is 2.38. The molecule has 0 aromatic heterocycles. The molecule has 24 heavy (non-hydrogen) atoms. The zero-order chi connectivity index (χ0) is 17.3. The Balaban J connectivity index is 1.75. The molecule has 1 N–H and O–H groups in total. The Bertz CT molecular complexity index is 823. The van der Waals surface area contributed by atoms with E-state index in [0.717, 1.165) is 0 Å². The standard InChI is InChI=1S/C17H12N2O5/c1-10(20)18-12-8-6-11(7-9-12)17(23)24-19-15(21)13-4-2-3-5-14(13)16(19)22/h2-9H,1H3,(H,18,20). The monoisotopic (exact) mass is 324 g/mol. The molecular weight excluding hydrogens is 312 g/mol. The Labute approximate surface area is 136 Å². The third-order valence-electron chi connectivity index (χ3n) is 3.37. The molecule has 120 valence electrons. The van der Waals surface area contributed by atoms with Gasteiger partial charge in [0.15, 0.2) is 0 Å². The second-order valence-corrected chi connectivity index (χ2v) is 5.09. The van der Waals surface area contributed by atoms with Gasteiger partial charge in [0.1, 0.15) is 0 Å². The molecule has 0 radical (unpaired) electrons. The summed E-state index contributed by atoms with van der Waals surface area (Å²) in [4.78, 5) is 52.3. The second-order valence-electron chi connectivity index (χ2n) is 5.09. The third-order valence-corrected chi connectivity index (χ3v) is 3.37. The smallest absolute Gasteiger partial charge is 0.326 e. The molecule has 2 aromatic rings. The van der Waals surface area contributed by atoms with Crippen LogP contribution in [0.3, 0.4) is 0 Å². The SMILES string of the molecule is CC(=O)Nc1ccc(C(=O)ON2C(=O)c3ccccc3C2=O)cc1. The minimum absolute atomic E-state index is 0.139. The number of carbonyl (C=O) groups excluding carboxylic acids is 4. The van der Waals surface area contributed by atoms with E-state index in [2.05, 4.69) is 5.32 Å². The van der Waals surface area contributed by atoms with Crippen molar-refractivity contribution in [3.63, 3.8) is 0 Å². The van der Waals surface area contributed by atoms with Gasteiger partial charge in [-0.1, -0.05) is 17.2 Å². The summed E-state index contributed by atoms with van der Waals surface area (Å²) in [6, 6.07) is 12.1. The lowest BCUT2D eigenvalue weighted by molar-refractivity contribution is -0.114. The van der Waals surface area contributed by atoms with Crippen LogP contribution in [0, 0.1) is 0 Å². The van der Waals surface area contributed by atoms with E-state index < -0.39 is 17.8 Å². The number of nitrogens with one attached hydrogen (secondary N) is 1. The van der Waals surface area contributed by atoms with Gasteiger partial charge in [0.05, 0.1) is 16.7 Å². The molecule has 7 nitrogen and oxygen atoms in total. The molecule has 0 saturated heterocycles. The van der Waals surface area contributed by atoms with Crippen molar-refractivity contribution in [3.8, 4) is 0 Å². The van der Waals surface area contributed by atoms with Crippen LogP contribution in [0.2, 0.25) is 0 Å². The van der Waals surface area contributed by atoms with Crippen molar-refractivity contribution in [2.75, 3.05) is 5.32 Å². The molecule has 2 aromatic carbocycles. The van der Waals surface area contributed by atoms with Gasteiger partial charge in [0, 0.05) is 12.6 Å². The Morgan fingerprint density at radius 2 is 1.46 bits per heavy atom. The minimum atomic E-state index is -0.848. The van der Waals surface area contributed by atoms with Crippen LogP contribution < -0.4 is 5.32 Å². The average molecular weight is 324 g/mol. The molecule has 0 spiro atoms. The Morgan fingerprint density at radius 3 is 1.96 bits per heavy atom. The van der Waals surface area contributed by atoms with E-state index in [-0.39, 0.29) is 22.6 Å². The van der Waals surface area contributed by atoms with Crippen molar-refractivity contribution in [2.45, 2.75) is 6.92 Å². The number of anilines is 1. The van der Waals surface area contributed by atoms with E-state index in [1.165, 1.54) is 43.3 Å². The molecule has 0 bridgehead atoms.